The van der Waals surface area contributed by atoms with E-state index in [0.29, 0.717) is 12.1 Å². The Morgan fingerprint density at radius 2 is 2.00 bits per heavy atom. The average Bonchev–Trinajstić information content (AvgIpc) is 2.09. The fourth-order valence-electron chi connectivity index (χ4n) is 1.52. The lowest BCUT2D eigenvalue weighted by atomic mass is 9.92. The molecule has 1 fully saturated rings. The third-order valence-electron chi connectivity index (χ3n) is 2.30. The Labute approximate surface area is 73.0 Å². The first-order valence-corrected chi connectivity index (χ1v) is 4.41. The first-order valence-electron chi connectivity index (χ1n) is 4.41. The van der Waals surface area contributed by atoms with Crippen LogP contribution in [0.5, 0.6) is 0 Å². The summed E-state index contributed by atoms with van der Waals surface area (Å²) in [5, 5.41) is 2.88. The predicted octanol–water partition coefficient (Wildman–Crippen LogP) is 0.558. The highest BCUT2D eigenvalue weighted by atomic mass is 16.1. The molecular formula is C9H16N2O. The number of amides is 1. The molecule has 68 valence electrons. The monoisotopic (exact) mass is 168 g/mol. The molecule has 3 heteroatoms. The van der Waals surface area contributed by atoms with Gasteiger partial charge < -0.3 is 11.1 Å². The van der Waals surface area contributed by atoms with Crippen molar-refractivity contribution in [3.63, 3.8) is 0 Å². The van der Waals surface area contributed by atoms with Gasteiger partial charge in [0.1, 0.15) is 0 Å². The molecule has 1 saturated carbocycles. The van der Waals surface area contributed by atoms with Crippen molar-refractivity contribution in [2.24, 2.45) is 5.73 Å². The smallest absolute Gasteiger partial charge is 0.243 e. The molecule has 12 heavy (non-hydrogen) atoms. The molecule has 0 aromatic rings. The van der Waals surface area contributed by atoms with Crippen molar-refractivity contribution < 1.29 is 4.79 Å². The van der Waals surface area contributed by atoms with Gasteiger partial charge in [-0.15, -0.1) is 0 Å². The van der Waals surface area contributed by atoms with Crippen LogP contribution in [0.2, 0.25) is 0 Å². The first kappa shape index (κ1) is 9.26. The molecule has 0 aromatic heterocycles. The Morgan fingerprint density at radius 3 is 2.50 bits per heavy atom. The minimum atomic E-state index is -0.0736. The number of nitrogens with one attached hydrogen (secondary N) is 1. The molecule has 1 aliphatic rings. The van der Waals surface area contributed by atoms with Crippen LogP contribution in [0.25, 0.3) is 0 Å². The maximum absolute atomic E-state index is 10.9. The fourth-order valence-corrected chi connectivity index (χ4v) is 1.52. The normalized spacial score (nSPS) is 29.4. The summed E-state index contributed by atoms with van der Waals surface area (Å²) >= 11 is 0. The van der Waals surface area contributed by atoms with E-state index in [9.17, 15) is 4.79 Å². The molecule has 0 saturated heterocycles. The van der Waals surface area contributed by atoms with Crippen LogP contribution in [0.3, 0.4) is 0 Å². The number of hydrogen-bond donors (Lipinski definition) is 2. The van der Waals surface area contributed by atoms with Gasteiger partial charge in [0.15, 0.2) is 0 Å². The van der Waals surface area contributed by atoms with E-state index in [4.69, 9.17) is 5.73 Å². The Kier molecular flexibility index (Phi) is 3.29. The third kappa shape index (κ3) is 2.66. The van der Waals surface area contributed by atoms with Gasteiger partial charge in [0.05, 0.1) is 0 Å². The van der Waals surface area contributed by atoms with Crippen LogP contribution in [0.1, 0.15) is 25.7 Å². The van der Waals surface area contributed by atoms with E-state index in [1.807, 2.05) is 0 Å². The van der Waals surface area contributed by atoms with Crippen LogP contribution in [0.4, 0.5) is 0 Å². The van der Waals surface area contributed by atoms with Crippen molar-refractivity contribution in [1.82, 2.24) is 5.32 Å². The summed E-state index contributed by atoms with van der Waals surface area (Å²) in [5.41, 5.74) is 5.73. The van der Waals surface area contributed by atoms with Gasteiger partial charge in [0.2, 0.25) is 5.91 Å². The summed E-state index contributed by atoms with van der Waals surface area (Å²) in [4.78, 5) is 10.9. The number of carbonyl (C=O) groups excluding carboxylic acids is 1. The highest BCUT2D eigenvalue weighted by molar-refractivity contribution is 5.87. The minimum Gasteiger partial charge on any atom is -0.350 e. The van der Waals surface area contributed by atoms with E-state index < -0.39 is 0 Å². The molecule has 1 amide bonds. The Morgan fingerprint density at radius 1 is 1.42 bits per heavy atom. The van der Waals surface area contributed by atoms with E-state index in [1.165, 1.54) is 6.08 Å². The first-order chi connectivity index (χ1) is 5.72. The van der Waals surface area contributed by atoms with Crippen molar-refractivity contribution >= 4 is 5.91 Å². The van der Waals surface area contributed by atoms with Gasteiger partial charge in [-0.2, -0.15) is 0 Å². The Bertz CT molecular complexity index is 171. The van der Waals surface area contributed by atoms with Crippen LogP contribution in [0.15, 0.2) is 12.7 Å². The van der Waals surface area contributed by atoms with Gasteiger partial charge in [-0.05, 0) is 31.8 Å². The number of rotatable bonds is 2. The van der Waals surface area contributed by atoms with Gasteiger partial charge in [-0.25, -0.2) is 0 Å². The zero-order chi connectivity index (χ0) is 8.97. The Balaban J connectivity index is 2.26. The van der Waals surface area contributed by atoms with Crippen molar-refractivity contribution in [3.8, 4) is 0 Å². The lowest BCUT2D eigenvalue weighted by Crippen LogP contribution is -2.39. The summed E-state index contributed by atoms with van der Waals surface area (Å²) in [5.74, 6) is -0.0736. The van der Waals surface area contributed by atoms with Gasteiger partial charge in [0.25, 0.3) is 0 Å². The molecule has 0 heterocycles. The topological polar surface area (TPSA) is 55.1 Å². The van der Waals surface area contributed by atoms with Gasteiger partial charge in [-0.3, -0.25) is 4.79 Å². The highest BCUT2D eigenvalue weighted by Gasteiger charge is 2.18. The lowest BCUT2D eigenvalue weighted by molar-refractivity contribution is -0.117. The van der Waals surface area contributed by atoms with Crippen LogP contribution in [-0.4, -0.2) is 18.0 Å². The van der Waals surface area contributed by atoms with Crippen molar-refractivity contribution in [3.05, 3.63) is 12.7 Å². The molecule has 0 spiro atoms. The van der Waals surface area contributed by atoms with Crippen molar-refractivity contribution in [2.45, 2.75) is 37.8 Å². The molecule has 3 N–H and O–H groups in total. The van der Waals surface area contributed by atoms with E-state index in [-0.39, 0.29) is 5.91 Å². The summed E-state index contributed by atoms with van der Waals surface area (Å²) in [6.45, 7) is 3.40. The van der Waals surface area contributed by atoms with Gasteiger partial charge in [0, 0.05) is 12.1 Å². The van der Waals surface area contributed by atoms with Gasteiger partial charge >= 0.3 is 0 Å². The fraction of sp³-hybridized carbons (Fsp3) is 0.667. The lowest BCUT2D eigenvalue weighted by Gasteiger charge is -2.26. The molecule has 1 rings (SSSR count). The van der Waals surface area contributed by atoms with Crippen LogP contribution >= 0.6 is 0 Å². The molecule has 0 aliphatic heterocycles. The van der Waals surface area contributed by atoms with Crippen molar-refractivity contribution in [1.29, 1.82) is 0 Å². The standard InChI is InChI=1S/C9H16N2O/c1-2-9(12)11-8-5-3-7(10)4-6-8/h2,7-8H,1,3-6,10H2,(H,11,12)/t7-,8+. The van der Waals surface area contributed by atoms with E-state index in [1.54, 1.807) is 0 Å². The largest absolute Gasteiger partial charge is 0.350 e. The Hall–Kier alpha value is -0.830. The minimum absolute atomic E-state index is 0.0736. The number of nitrogens with two attached hydrogens (primary N) is 1. The average molecular weight is 168 g/mol. The van der Waals surface area contributed by atoms with E-state index in [2.05, 4.69) is 11.9 Å². The molecule has 1 aliphatic carbocycles. The second kappa shape index (κ2) is 4.26. The number of hydrogen-bond acceptors (Lipinski definition) is 2. The summed E-state index contributed by atoms with van der Waals surface area (Å²) < 4.78 is 0. The predicted molar refractivity (Wildman–Crippen MR) is 48.6 cm³/mol. The second-order valence-corrected chi connectivity index (χ2v) is 3.32. The zero-order valence-corrected chi connectivity index (χ0v) is 7.25. The number of carbonyl (C=O) groups is 1. The highest BCUT2D eigenvalue weighted by Crippen LogP contribution is 2.16. The van der Waals surface area contributed by atoms with Crippen LogP contribution in [-0.2, 0) is 4.79 Å². The second-order valence-electron chi connectivity index (χ2n) is 3.32. The molecular weight excluding hydrogens is 152 g/mol. The summed E-state index contributed by atoms with van der Waals surface area (Å²) in [6, 6.07) is 0.650. The van der Waals surface area contributed by atoms with Gasteiger partial charge in [-0.1, -0.05) is 6.58 Å². The summed E-state index contributed by atoms with van der Waals surface area (Å²) in [6.07, 6.45) is 5.35. The molecule has 0 bridgehead atoms. The van der Waals surface area contributed by atoms with E-state index in [0.717, 1.165) is 25.7 Å². The SMILES string of the molecule is C=CC(=O)N[C@H]1CC[C@@H](N)CC1. The quantitative estimate of drug-likeness (QED) is 0.592. The molecule has 3 nitrogen and oxygen atoms in total. The third-order valence-corrected chi connectivity index (χ3v) is 2.30. The maximum Gasteiger partial charge on any atom is 0.243 e. The van der Waals surface area contributed by atoms with E-state index >= 15 is 0 Å². The maximum atomic E-state index is 10.9. The molecule has 0 atom stereocenters. The molecule has 0 aromatic carbocycles. The van der Waals surface area contributed by atoms with Crippen molar-refractivity contribution in [2.75, 3.05) is 0 Å². The molecule has 0 unspecified atom stereocenters. The van der Waals surface area contributed by atoms with Crippen LogP contribution < -0.4 is 11.1 Å². The summed E-state index contributed by atoms with van der Waals surface area (Å²) in [7, 11) is 0. The zero-order valence-electron chi connectivity index (χ0n) is 7.25. The van der Waals surface area contributed by atoms with Crippen LogP contribution in [0, 0.1) is 0 Å². The molecule has 0 radical (unpaired) electrons.